The van der Waals surface area contributed by atoms with Crippen molar-refractivity contribution in [3.8, 4) is 0 Å². The second kappa shape index (κ2) is 4.65. The minimum atomic E-state index is -1.42. The van der Waals surface area contributed by atoms with Crippen LogP contribution in [0.5, 0.6) is 0 Å². The van der Waals surface area contributed by atoms with Crippen LogP contribution in [-0.2, 0) is 0 Å². The highest BCUT2D eigenvalue weighted by Gasteiger charge is 2.23. The van der Waals surface area contributed by atoms with Crippen LogP contribution in [-0.4, -0.2) is 16.0 Å². The highest BCUT2D eigenvalue weighted by molar-refractivity contribution is 7.78. The van der Waals surface area contributed by atoms with Crippen LogP contribution in [0.2, 0.25) is 0 Å². The fraction of sp³-hybridized carbons (Fsp3) is 0. The van der Waals surface area contributed by atoms with E-state index in [0.29, 0.717) is 12.1 Å². The van der Waals surface area contributed by atoms with Crippen LogP contribution in [0.25, 0.3) is 0 Å². The van der Waals surface area contributed by atoms with Gasteiger partial charge in [0.2, 0.25) is 0 Å². The number of isothiocyanates is 1. The minimum absolute atomic E-state index is 0.307. The number of thiocarbonyl (C=S) groups is 1. The van der Waals surface area contributed by atoms with E-state index in [1.54, 1.807) is 5.16 Å². The average Bonchev–Trinajstić information content (AvgIpc) is 2.21. The molecule has 0 atom stereocenters. The molecule has 1 rings (SSSR count). The maximum atomic E-state index is 12.8. The number of carbonyl (C=O) groups excluding carboxylic acids is 1. The van der Waals surface area contributed by atoms with Gasteiger partial charge in [0.15, 0.2) is 11.6 Å². The van der Waals surface area contributed by atoms with Gasteiger partial charge in [-0.05, 0) is 18.3 Å². The van der Waals surface area contributed by atoms with Gasteiger partial charge < -0.3 is 0 Å². The number of carbonyl (C=O) groups is 1. The lowest BCUT2D eigenvalue weighted by Gasteiger charge is -1.99. The van der Waals surface area contributed by atoms with Gasteiger partial charge in [0.25, 0.3) is 11.6 Å². The van der Waals surface area contributed by atoms with Crippen molar-refractivity contribution in [2.75, 3.05) is 0 Å². The first kappa shape index (κ1) is 12.0. The molecule has 0 spiro atoms. The van der Waals surface area contributed by atoms with E-state index in [4.69, 9.17) is 0 Å². The Hall–Kier alpha value is -2.05. The maximum absolute atomic E-state index is 12.8. The van der Waals surface area contributed by atoms with Crippen LogP contribution < -0.4 is 0 Å². The number of benzene rings is 1. The molecule has 5 nitrogen and oxygen atoms in total. The third kappa shape index (κ3) is 2.30. The van der Waals surface area contributed by atoms with E-state index in [2.05, 4.69) is 17.2 Å². The average molecular weight is 244 g/mol. The van der Waals surface area contributed by atoms with Crippen molar-refractivity contribution >= 4 is 29.0 Å². The summed E-state index contributed by atoms with van der Waals surface area (Å²) in [5.41, 5.74) is -1.56. The van der Waals surface area contributed by atoms with E-state index in [-0.39, 0.29) is 0 Å². The summed E-state index contributed by atoms with van der Waals surface area (Å²) in [6.07, 6.45) is 0. The number of nitrogens with zero attached hydrogens (tertiary/aromatic N) is 2. The Morgan fingerprint density at radius 3 is 2.50 bits per heavy atom. The molecule has 1 aromatic carbocycles. The van der Waals surface area contributed by atoms with Crippen molar-refractivity contribution in [1.29, 1.82) is 0 Å². The molecule has 0 saturated heterocycles. The molecular weight excluding hydrogens is 242 g/mol. The fourth-order valence-corrected chi connectivity index (χ4v) is 1.04. The second-order valence-electron chi connectivity index (χ2n) is 2.55. The number of nitro groups is 1. The third-order valence-electron chi connectivity index (χ3n) is 1.61. The molecule has 82 valence electrons. The number of aliphatic imine (C=N–C) groups is 1. The first-order valence-corrected chi connectivity index (χ1v) is 4.14. The number of rotatable bonds is 2. The molecule has 0 N–H and O–H groups in total. The Morgan fingerprint density at radius 1 is 1.44 bits per heavy atom. The van der Waals surface area contributed by atoms with E-state index in [0.717, 1.165) is 0 Å². The summed E-state index contributed by atoms with van der Waals surface area (Å²) in [6, 6.07) is 0.702. The highest BCUT2D eigenvalue weighted by Crippen LogP contribution is 2.22. The lowest BCUT2D eigenvalue weighted by atomic mass is 10.1. The molecule has 1 amide bonds. The van der Waals surface area contributed by atoms with E-state index in [1.165, 1.54) is 0 Å². The van der Waals surface area contributed by atoms with Gasteiger partial charge in [-0.15, -0.1) is 0 Å². The van der Waals surface area contributed by atoms with Crippen LogP contribution in [0.3, 0.4) is 0 Å². The third-order valence-corrected chi connectivity index (χ3v) is 1.70. The summed E-state index contributed by atoms with van der Waals surface area (Å²) >= 11 is 4.12. The number of hydrogen-bond donors (Lipinski definition) is 0. The Balaban J connectivity index is 3.47. The number of halogens is 2. The topological polar surface area (TPSA) is 72.6 Å². The summed E-state index contributed by atoms with van der Waals surface area (Å²) in [6.45, 7) is 0. The monoisotopic (exact) mass is 244 g/mol. The first-order chi connectivity index (χ1) is 7.47. The summed E-state index contributed by atoms with van der Waals surface area (Å²) in [7, 11) is 0. The van der Waals surface area contributed by atoms with Gasteiger partial charge >= 0.3 is 0 Å². The molecule has 0 aliphatic heterocycles. The Kier molecular flexibility index (Phi) is 3.49. The van der Waals surface area contributed by atoms with Crippen LogP contribution >= 0.6 is 12.2 Å². The minimum Gasteiger partial charge on any atom is -0.266 e. The summed E-state index contributed by atoms with van der Waals surface area (Å²) in [5, 5.41) is 12.2. The molecule has 16 heavy (non-hydrogen) atoms. The first-order valence-electron chi connectivity index (χ1n) is 3.73. The van der Waals surface area contributed by atoms with Gasteiger partial charge in [0, 0.05) is 0 Å². The highest BCUT2D eigenvalue weighted by atomic mass is 32.1. The molecule has 8 heteroatoms. The molecule has 0 bridgehead atoms. The normalized spacial score (nSPS) is 9.38. The van der Waals surface area contributed by atoms with Crippen molar-refractivity contribution in [2.24, 2.45) is 4.99 Å². The lowest BCUT2D eigenvalue weighted by molar-refractivity contribution is -0.385. The summed E-state index contributed by atoms with van der Waals surface area (Å²) in [4.78, 5) is 23.5. The van der Waals surface area contributed by atoms with Crippen LogP contribution in [0, 0.1) is 21.7 Å². The number of amides is 1. The molecule has 0 radical (unpaired) electrons. The van der Waals surface area contributed by atoms with Crippen molar-refractivity contribution in [1.82, 2.24) is 0 Å². The molecule has 0 aromatic heterocycles. The Morgan fingerprint density at radius 2 is 2.00 bits per heavy atom. The molecular formula is C8H2F2N2O3S. The van der Waals surface area contributed by atoms with E-state index in [1.807, 2.05) is 0 Å². The van der Waals surface area contributed by atoms with Gasteiger partial charge in [-0.1, -0.05) is 0 Å². The summed E-state index contributed by atoms with van der Waals surface area (Å²) in [5.74, 6) is -3.95. The smallest absolute Gasteiger partial charge is 0.266 e. The predicted molar refractivity (Wildman–Crippen MR) is 52.4 cm³/mol. The zero-order valence-corrected chi connectivity index (χ0v) is 8.25. The number of hydrogen-bond acceptors (Lipinski definition) is 4. The molecule has 0 saturated carbocycles. The van der Waals surface area contributed by atoms with E-state index < -0.39 is 33.7 Å². The van der Waals surface area contributed by atoms with Gasteiger partial charge in [-0.25, -0.2) is 8.78 Å². The van der Waals surface area contributed by atoms with Crippen LogP contribution in [0.15, 0.2) is 17.1 Å². The molecule has 0 fully saturated rings. The predicted octanol–water partition coefficient (Wildman–Crippen LogP) is 2.12. The van der Waals surface area contributed by atoms with Crippen LogP contribution in [0.4, 0.5) is 14.5 Å². The zero-order valence-electron chi connectivity index (χ0n) is 7.44. The van der Waals surface area contributed by atoms with Crippen molar-refractivity contribution in [3.63, 3.8) is 0 Å². The standard InChI is InChI=1S/C8H2F2N2O3S/c9-5-1-4(8(13)11-3-16)7(12(14)15)2-6(5)10/h1-2H. The molecule has 0 aliphatic rings. The quantitative estimate of drug-likeness (QED) is 0.345. The van der Waals surface area contributed by atoms with Crippen molar-refractivity contribution in [2.45, 2.75) is 0 Å². The Bertz CT molecular complexity index is 526. The SMILES string of the molecule is O=C(N=C=S)c1cc(F)c(F)cc1[N+](=O)[O-]. The largest absolute Gasteiger partial charge is 0.292 e. The van der Waals surface area contributed by atoms with Gasteiger partial charge in [-0.2, -0.15) is 4.99 Å². The van der Waals surface area contributed by atoms with E-state index in [9.17, 15) is 23.7 Å². The maximum Gasteiger partial charge on any atom is 0.292 e. The van der Waals surface area contributed by atoms with E-state index >= 15 is 0 Å². The van der Waals surface area contributed by atoms with Gasteiger partial charge in [0.05, 0.1) is 16.2 Å². The molecule has 0 heterocycles. The zero-order chi connectivity index (χ0) is 12.3. The fourth-order valence-electron chi connectivity index (χ4n) is 0.960. The molecule has 0 aliphatic carbocycles. The molecule has 1 aromatic rings. The lowest BCUT2D eigenvalue weighted by Crippen LogP contribution is -2.03. The Labute approximate surface area is 92.6 Å². The number of nitro benzene ring substituents is 1. The second-order valence-corrected chi connectivity index (χ2v) is 2.73. The van der Waals surface area contributed by atoms with Gasteiger partial charge in [-0.3, -0.25) is 14.9 Å². The van der Waals surface area contributed by atoms with Crippen molar-refractivity contribution < 1.29 is 18.5 Å². The van der Waals surface area contributed by atoms with Crippen LogP contribution in [0.1, 0.15) is 10.4 Å². The molecule has 0 unspecified atom stereocenters. The summed E-state index contributed by atoms with van der Waals surface area (Å²) < 4.78 is 25.5. The van der Waals surface area contributed by atoms with Gasteiger partial charge in [0.1, 0.15) is 5.56 Å². The van der Waals surface area contributed by atoms with Crippen molar-refractivity contribution in [3.05, 3.63) is 39.4 Å².